The number of hydrogen-bond acceptors (Lipinski definition) is 2. The first-order chi connectivity index (χ1) is 20.1. The number of alkyl halides is 3. The number of hydrogen-bond donors (Lipinski definition) is 0. The van der Waals surface area contributed by atoms with Gasteiger partial charge in [-0.05, 0) is 98.7 Å². The van der Waals surface area contributed by atoms with Crippen LogP contribution in [0.15, 0.2) is 85.2 Å². The fraction of sp³-hybridized carbons (Fsp3) is 0.243. The van der Waals surface area contributed by atoms with Crippen LogP contribution in [0.3, 0.4) is 0 Å². The molecule has 0 unspecified atom stereocenters. The first-order valence-corrected chi connectivity index (χ1v) is 14.5. The second-order valence-corrected chi connectivity index (χ2v) is 12.5. The molecule has 4 aliphatic rings. The Labute approximate surface area is 243 Å². The Balaban J connectivity index is 1.56. The van der Waals surface area contributed by atoms with Crippen molar-refractivity contribution < 1.29 is 13.2 Å². The van der Waals surface area contributed by atoms with Crippen LogP contribution in [0, 0.1) is 0 Å². The summed E-state index contributed by atoms with van der Waals surface area (Å²) in [6.07, 6.45) is -0.714. The molecule has 0 N–H and O–H groups in total. The highest BCUT2D eigenvalue weighted by Crippen LogP contribution is 2.45. The summed E-state index contributed by atoms with van der Waals surface area (Å²) in [6, 6.07) is 26.6. The minimum absolute atomic E-state index is 0.0423. The molecule has 0 saturated carbocycles. The Bertz CT molecular complexity index is 2000. The molecule has 0 aliphatic heterocycles. The van der Waals surface area contributed by atoms with E-state index in [1.54, 1.807) is 0 Å². The summed E-state index contributed by atoms with van der Waals surface area (Å²) in [6.45, 7) is 6.46. The average Bonchev–Trinajstić information content (AvgIpc) is 2.95. The van der Waals surface area contributed by atoms with Gasteiger partial charge in [0.2, 0.25) is 0 Å². The lowest BCUT2D eigenvalue weighted by Crippen LogP contribution is -2.12. The summed E-state index contributed by atoms with van der Waals surface area (Å²) in [5.74, 6) is 0. The molecule has 4 aliphatic carbocycles. The van der Waals surface area contributed by atoms with E-state index in [9.17, 15) is 0 Å². The number of rotatable bonds is 1. The Kier molecular flexibility index (Phi) is 6.12. The number of benzene rings is 5. The van der Waals surface area contributed by atoms with Crippen LogP contribution < -0.4 is 0 Å². The highest BCUT2D eigenvalue weighted by Gasteiger charge is 2.37. The molecule has 4 bridgehead atoms. The van der Waals surface area contributed by atoms with E-state index < -0.39 is 11.7 Å². The maximum atomic E-state index is 15.2. The van der Waals surface area contributed by atoms with Gasteiger partial charge in [0.15, 0.2) is 0 Å². The maximum Gasteiger partial charge on any atom is 0.419 e. The van der Waals surface area contributed by atoms with Crippen LogP contribution in [-0.4, -0.2) is 9.97 Å². The van der Waals surface area contributed by atoms with E-state index in [-0.39, 0.29) is 16.3 Å². The van der Waals surface area contributed by atoms with Crippen molar-refractivity contribution in [2.24, 2.45) is 0 Å². The Morgan fingerprint density at radius 1 is 0.643 bits per heavy atom. The Morgan fingerprint density at radius 2 is 1.31 bits per heavy atom. The third kappa shape index (κ3) is 4.52. The molecule has 0 radical (unpaired) electrons. The molecular formula is C37H31F3N2. The van der Waals surface area contributed by atoms with Gasteiger partial charge in [-0.1, -0.05) is 81.4 Å². The monoisotopic (exact) mass is 560 g/mol. The lowest BCUT2D eigenvalue weighted by Gasteiger charge is -2.23. The zero-order valence-corrected chi connectivity index (χ0v) is 23.9. The van der Waals surface area contributed by atoms with Crippen LogP contribution in [0.2, 0.25) is 0 Å². The van der Waals surface area contributed by atoms with Gasteiger partial charge in [0.1, 0.15) is 6.33 Å². The molecule has 42 heavy (non-hydrogen) atoms. The van der Waals surface area contributed by atoms with Gasteiger partial charge in [0.05, 0.1) is 16.8 Å². The summed E-state index contributed by atoms with van der Waals surface area (Å²) in [4.78, 5) is 8.95. The number of fused-ring (bicyclic) bond motifs is 2. The predicted molar refractivity (Wildman–Crippen MR) is 165 cm³/mol. The zero-order valence-electron chi connectivity index (χ0n) is 23.9. The molecule has 10 rings (SSSR count). The second kappa shape index (κ2) is 9.65. The van der Waals surface area contributed by atoms with Crippen LogP contribution in [0.25, 0.3) is 43.7 Å². The van der Waals surface area contributed by atoms with Crippen LogP contribution in [0.5, 0.6) is 0 Å². The lowest BCUT2D eigenvalue weighted by molar-refractivity contribution is -0.135. The number of aryl methyl sites for hydroxylation is 4. The van der Waals surface area contributed by atoms with Crippen molar-refractivity contribution in [2.45, 2.75) is 58.0 Å². The van der Waals surface area contributed by atoms with Gasteiger partial charge in [-0.2, -0.15) is 13.2 Å². The molecule has 2 nitrogen and oxygen atoms in total. The minimum Gasteiger partial charge on any atom is -0.236 e. The van der Waals surface area contributed by atoms with E-state index in [1.807, 2.05) is 36.4 Å². The van der Waals surface area contributed by atoms with Crippen molar-refractivity contribution in [3.63, 3.8) is 0 Å². The molecule has 0 spiro atoms. The van der Waals surface area contributed by atoms with E-state index in [2.05, 4.69) is 73.2 Å². The van der Waals surface area contributed by atoms with Crippen molar-refractivity contribution in [1.82, 2.24) is 9.97 Å². The molecule has 1 aromatic heterocycles. The summed E-state index contributed by atoms with van der Waals surface area (Å²) in [5, 5.41) is 3.53. The quantitative estimate of drug-likeness (QED) is 0.187. The van der Waals surface area contributed by atoms with Gasteiger partial charge >= 0.3 is 6.18 Å². The standard InChI is InChI=1S/C37H31F3N2/c1-36(2,3)31-19-27(18-26-6-4-5-7-28(26)31)34-30-20-29-24-14-12-22-8-10-23(11-9-22)13-15-25(17-16-24)32(29)33(37(38,39)40)35(30)42-21-41-34/h4-11,16-21H,12-15H2,1-3H3. The summed E-state index contributed by atoms with van der Waals surface area (Å²) < 4.78 is 45.5. The van der Waals surface area contributed by atoms with Crippen LogP contribution in [0.4, 0.5) is 13.2 Å². The smallest absolute Gasteiger partial charge is 0.236 e. The average molecular weight is 561 g/mol. The van der Waals surface area contributed by atoms with E-state index in [0.717, 1.165) is 39.4 Å². The lowest BCUT2D eigenvalue weighted by atomic mass is 9.82. The molecule has 210 valence electrons. The molecule has 6 aromatic rings. The summed E-state index contributed by atoms with van der Waals surface area (Å²) in [5.41, 5.74) is 5.50. The number of aromatic nitrogens is 2. The zero-order chi connectivity index (χ0) is 29.2. The van der Waals surface area contributed by atoms with Crippen molar-refractivity contribution in [1.29, 1.82) is 0 Å². The molecule has 0 amide bonds. The molecular weight excluding hydrogens is 529 g/mol. The van der Waals surface area contributed by atoms with E-state index in [1.165, 1.54) is 11.9 Å². The largest absolute Gasteiger partial charge is 0.419 e. The van der Waals surface area contributed by atoms with Crippen LogP contribution in [-0.2, 0) is 37.3 Å². The van der Waals surface area contributed by atoms with Crippen LogP contribution in [0.1, 0.15) is 54.2 Å². The first kappa shape index (κ1) is 26.6. The molecule has 0 saturated heterocycles. The Morgan fingerprint density at radius 3 is 2.00 bits per heavy atom. The number of halogens is 3. The maximum absolute atomic E-state index is 15.2. The van der Waals surface area contributed by atoms with Gasteiger partial charge in [-0.15, -0.1) is 0 Å². The van der Waals surface area contributed by atoms with Gasteiger partial charge < -0.3 is 0 Å². The minimum atomic E-state index is -4.59. The van der Waals surface area contributed by atoms with Crippen LogP contribution >= 0.6 is 0 Å². The van der Waals surface area contributed by atoms with E-state index in [4.69, 9.17) is 0 Å². The SMILES string of the molecule is CC(C)(C)c1cc(-c2ncnc3c(C(F)(F)F)c4c5ccc(c4cc23)CCc2ccc(cc2)CC5)cc2ccccc12. The molecule has 5 heteroatoms. The fourth-order valence-electron chi connectivity index (χ4n) is 6.59. The van der Waals surface area contributed by atoms with Gasteiger partial charge in [-0.25, -0.2) is 9.97 Å². The summed E-state index contributed by atoms with van der Waals surface area (Å²) >= 11 is 0. The van der Waals surface area contributed by atoms with E-state index >= 15 is 13.2 Å². The molecule has 1 heterocycles. The Hall–Kier alpha value is -4.25. The fourth-order valence-corrected chi connectivity index (χ4v) is 6.59. The van der Waals surface area contributed by atoms with E-state index in [0.29, 0.717) is 41.3 Å². The van der Waals surface area contributed by atoms with Crippen molar-refractivity contribution in [3.05, 3.63) is 119 Å². The second-order valence-electron chi connectivity index (χ2n) is 12.5. The number of nitrogens with zero attached hydrogens (tertiary/aromatic N) is 2. The third-order valence-electron chi connectivity index (χ3n) is 8.70. The first-order valence-electron chi connectivity index (χ1n) is 14.5. The van der Waals surface area contributed by atoms with Crippen molar-refractivity contribution in [3.8, 4) is 11.3 Å². The van der Waals surface area contributed by atoms with Crippen molar-refractivity contribution in [2.75, 3.05) is 0 Å². The van der Waals surface area contributed by atoms with Gasteiger partial charge in [0, 0.05) is 10.9 Å². The van der Waals surface area contributed by atoms with Crippen molar-refractivity contribution >= 4 is 32.4 Å². The third-order valence-corrected chi connectivity index (χ3v) is 8.70. The molecule has 0 fully saturated rings. The van der Waals surface area contributed by atoms with Gasteiger partial charge in [0.25, 0.3) is 0 Å². The predicted octanol–water partition coefficient (Wildman–Crippen LogP) is 9.80. The summed E-state index contributed by atoms with van der Waals surface area (Å²) in [7, 11) is 0. The normalized spacial score (nSPS) is 14.0. The van der Waals surface area contributed by atoms with Gasteiger partial charge in [-0.3, -0.25) is 0 Å². The topological polar surface area (TPSA) is 25.8 Å². The molecule has 0 atom stereocenters. The highest BCUT2D eigenvalue weighted by atomic mass is 19.4. The highest BCUT2D eigenvalue weighted by molar-refractivity contribution is 6.08. The molecule has 5 aromatic carbocycles.